The second-order valence-electron chi connectivity index (χ2n) is 11.1. The van der Waals surface area contributed by atoms with Gasteiger partial charge in [0.15, 0.2) is 0 Å². The first-order chi connectivity index (χ1) is 13.7. The monoisotopic (exact) mass is 424 g/mol. The Kier molecular flexibility index (Phi) is 6.07. The van der Waals surface area contributed by atoms with E-state index in [4.69, 9.17) is 5.11 Å². The van der Waals surface area contributed by atoms with E-state index in [1.807, 2.05) is 0 Å². The maximum Gasteiger partial charge on any atom is 0.304 e. The van der Waals surface area contributed by atoms with E-state index in [0.717, 1.165) is 37.0 Å². The van der Waals surface area contributed by atoms with E-state index in [-0.39, 0.29) is 11.8 Å². The van der Waals surface area contributed by atoms with Crippen LogP contribution in [0.3, 0.4) is 0 Å². The van der Waals surface area contributed by atoms with E-state index in [1.165, 1.54) is 56.7 Å². The third-order valence-electron chi connectivity index (χ3n) is 10.0. The highest BCUT2D eigenvalue weighted by atomic mass is 32.2. The van der Waals surface area contributed by atoms with Crippen molar-refractivity contribution >= 4 is 17.7 Å². The van der Waals surface area contributed by atoms with Crippen LogP contribution in [0.25, 0.3) is 0 Å². The summed E-state index contributed by atoms with van der Waals surface area (Å²) in [6, 6.07) is 0. The van der Waals surface area contributed by atoms with Crippen molar-refractivity contribution in [3.63, 3.8) is 0 Å². The number of hydrogen-bond acceptors (Lipinski definition) is 4. The molecule has 0 aromatic carbocycles. The number of carboxylic acids is 1. The fraction of sp³-hybridized carbons (Fsp3) is 0.958. The fourth-order valence-corrected chi connectivity index (χ4v) is 9.33. The van der Waals surface area contributed by atoms with Crippen LogP contribution in [0.4, 0.5) is 0 Å². The molecule has 4 nitrogen and oxygen atoms in total. The minimum Gasteiger partial charge on any atom is -0.481 e. The van der Waals surface area contributed by atoms with E-state index >= 15 is 0 Å². The molecule has 0 aromatic heterocycles. The average molecular weight is 425 g/mol. The number of carboxylic acid groups (broad SMARTS) is 1. The molecule has 0 amide bonds. The van der Waals surface area contributed by atoms with E-state index < -0.39 is 17.0 Å². The molecule has 4 aliphatic rings. The average Bonchev–Trinajstić information content (AvgIpc) is 2.92. The standard InChI is InChI=1S/C24H40O4S/c1-22-11-4-3-5-16(22)6-7-17-18(22)8-12-23(2)19(17)9-13-24(23,28)15-21(27)29-14-10-20(25)26/h16-19,21,27-28H,3-15H2,1-2H3,(H,25,26)/t16?,17?,18?,19?,21?,22-,23-,24-/m0/s1. The zero-order valence-electron chi connectivity index (χ0n) is 18.2. The molecule has 29 heavy (non-hydrogen) atoms. The van der Waals surface area contributed by atoms with Gasteiger partial charge in [-0.3, -0.25) is 4.79 Å². The normalized spacial score (nSPS) is 47.7. The Morgan fingerprint density at radius 3 is 2.55 bits per heavy atom. The van der Waals surface area contributed by atoms with Crippen molar-refractivity contribution < 1.29 is 20.1 Å². The van der Waals surface area contributed by atoms with Crippen LogP contribution in [0.5, 0.6) is 0 Å². The number of aliphatic carboxylic acids is 1. The van der Waals surface area contributed by atoms with E-state index in [9.17, 15) is 15.0 Å². The van der Waals surface area contributed by atoms with Gasteiger partial charge in [-0.2, -0.15) is 0 Å². The maximum atomic E-state index is 11.7. The Morgan fingerprint density at radius 1 is 1.03 bits per heavy atom. The summed E-state index contributed by atoms with van der Waals surface area (Å²) in [7, 11) is 0. The second kappa shape index (κ2) is 8.02. The number of fused-ring (bicyclic) bond motifs is 5. The van der Waals surface area contributed by atoms with Gasteiger partial charge < -0.3 is 15.3 Å². The highest BCUT2D eigenvalue weighted by molar-refractivity contribution is 7.99. The van der Waals surface area contributed by atoms with Crippen molar-refractivity contribution in [3.8, 4) is 0 Å². The first kappa shape index (κ1) is 22.0. The lowest BCUT2D eigenvalue weighted by atomic mass is 9.44. The molecule has 4 fully saturated rings. The van der Waals surface area contributed by atoms with Crippen LogP contribution in [0, 0.1) is 34.5 Å². The number of carbonyl (C=O) groups is 1. The molecular weight excluding hydrogens is 384 g/mol. The molecule has 166 valence electrons. The number of hydrogen-bond donors (Lipinski definition) is 3. The summed E-state index contributed by atoms with van der Waals surface area (Å²) in [5.74, 6) is 2.60. The molecule has 0 radical (unpaired) electrons. The lowest BCUT2D eigenvalue weighted by Gasteiger charge is -2.61. The van der Waals surface area contributed by atoms with E-state index in [1.54, 1.807) is 0 Å². The Morgan fingerprint density at radius 2 is 1.79 bits per heavy atom. The van der Waals surface area contributed by atoms with Crippen LogP contribution in [0.1, 0.15) is 90.9 Å². The van der Waals surface area contributed by atoms with Gasteiger partial charge in [0.25, 0.3) is 0 Å². The summed E-state index contributed by atoms with van der Waals surface area (Å²) in [4.78, 5) is 10.7. The molecule has 5 heteroatoms. The number of thioether (sulfide) groups is 1. The summed E-state index contributed by atoms with van der Waals surface area (Å²) in [5.41, 5.74) is -1.10. The molecule has 0 spiro atoms. The SMILES string of the molecule is C[C@]12CCCCC1CCC1C2CC[C@@]2(C)C1CC[C@]2(O)CC(O)SCCC(=O)O. The van der Waals surface area contributed by atoms with Gasteiger partial charge in [0.1, 0.15) is 5.44 Å². The van der Waals surface area contributed by atoms with Crippen LogP contribution in [-0.2, 0) is 4.79 Å². The molecule has 4 aliphatic carbocycles. The molecule has 0 saturated heterocycles. The summed E-state index contributed by atoms with van der Waals surface area (Å²) < 4.78 is 0. The molecule has 0 heterocycles. The van der Waals surface area contributed by atoms with Gasteiger partial charge in [-0.25, -0.2) is 0 Å². The molecule has 3 N–H and O–H groups in total. The van der Waals surface area contributed by atoms with Gasteiger partial charge in [-0.1, -0.05) is 26.7 Å². The molecular formula is C24H40O4S. The summed E-state index contributed by atoms with van der Waals surface area (Å²) in [6.45, 7) is 4.88. The molecule has 5 unspecified atom stereocenters. The second-order valence-corrected chi connectivity index (χ2v) is 12.4. The Labute approximate surface area is 180 Å². The van der Waals surface area contributed by atoms with Gasteiger partial charge in [0.2, 0.25) is 0 Å². The van der Waals surface area contributed by atoms with Crippen LogP contribution in [0.2, 0.25) is 0 Å². The van der Waals surface area contributed by atoms with Gasteiger partial charge in [0, 0.05) is 12.2 Å². The third kappa shape index (κ3) is 3.67. The molecule has 4 saturated carbocycles. The van der Waals surface area contributed by atoms with Gasteiger partial charge in [0.05, 0.1) is 12.0 Å². The predicted octanol–water partition coefficient (Wildman–Crippen LogP) is 5.07. The first-order valence-corrected chi connectivity index (χ1v) is 13.0. The maximum absolute atomic E-state index is 11.7. The minimum atomic E-state index is -0.832. The minimum absolute atomic E-state index is 0.0591. The van der Waals surface area contributed by atoms with Crippen molar-refractivity contribution in [2.24, 2.45) is 34.5 Å². The molecule has 8 atom stereocenters. The van der Waals surface area contributed by atoms with Crippen molar-refractivity contribution in [2.75, 3.05) is 5.75 Å². The van der Waals surface area contributed by atoms with E-state index in [2.05, 4.69) is 13.8 Å². The van der Waals surface area contributed by atoms with Crippen LogP contribution in [0.15, 0.2) is 0 Å². The largest absolute Gasteiger partial charge is 0.481 e. The van der Waals surface area contributed by atoms with Crippen LogP contribution < -0.4 is 0 Å². The Hall–Kier alpha value is -0.260. The van der Waals surface area contributed by atoms with Crippen molar-refractivity contribution in [1.82, 2.24) is 0 Å². The van der Waals surface area contributed by atoms with Crippen molar-refractivity contribution in [3.05, 3.63) is 0 Å². The number of aliphatic hydroxyl groups is 2. The summed E-state index contributed by atoms with van der Waals surface area (Å²) >= 11 is 1.28. The molecule has 0 aliphatic heterocycles. The smallest absolute Gasteiger partial charge is 0.304 e. The van der Waals surface area contributed by atoms with Crippen molar-refractivity contribution in [2.45, 2.75) is 102 Å². The van der Waals surface area contributed by atoms with Crippen molar-refractivity contribution in [1.29, 1.82) is 0 Å². The highest BCUT2D eigenvalue weighted by Crippen LogP contribution is 2.68. The van der Waals surface area contributed by atoms with Gasteiger partial charge in [-0.05, 0) is 85.9 Å². The Balaban J connectivity index is 1.46. The fourth-order valence-electron chi connectivity index (χ4n) is 8.37. The zero-order valence-corrected chi connectivity index (χ0v) is 19.1. The van der Waals surface area contributed by atoms with E-state index in [0.29, 0.717) is 23.5 Å². The lowest BCUT2D eigenvalue weighted by molar-refractivity contribution is -0.157. The Bertz CT molecular complexity index is 626. The highest BCUT2D eigenvalue weighted by Gasteiger charge is 2.64. The predicted molar refractivity (Wildman–Crippen MR) is 117 cm³/mol. The summed E-state index contributed by atoms with van der Waals surface area (Å²) in [5, 5.41) is 31.1. The van der Waals surface area contributed by atoms with Crippen LogP contribution in [-0.4, -0.2) is 38.1 Å². The summed E-state index contributed by atoms with van der Waals surface area (Å²) in [6.07, 6.45) is 12.9. The topological polar surface area (TPSA) is 77.8 Å². The first-order valence-electron chi connectivity index (χ1n) is 11.9. The van der Waals surface area contributed by atoms with Gasteiger partial charge >= 0.3 is 5.97 Å². The molecule has 0 bridgehead atoms. The van der Waals surface area contributed by atoms with Crippen LogP contribution >= 0.6 is 11.8 Å². The lowest BCUT2D eigenvalue weighted by Crippen LogP contribution is -2.56. The number of aliphatic hydroxyl groups excluding tert-OH is 1. The molecule has 4 rings (SSSR count). The molecule has 0 aromatic rings. The number of rotatable bonds is 6. The third-order valence-corrected chi connectivity index (χ3v) is 11.0. The van der Waals surface area contributed by atoms with Gasteiger partial charge in [-0.15, -0.1) is 11.8 Å². The quantitative estimate of drug-likeness (QED) is 0.519. The zero-order chi connectivity index (χ0) is 20.9.